The van der Waals surface area contributed by atoms with E-state index in [1.807, 2.05) is 0 Å². The summed E-state index contributed by atoms with van der Waals surface area (Å²) in [5.74, 6) is -8.14. The molecule has 0 unspecified atom stereocenters. The molecule has 0 saturated carbocycles. The predicted molar refractivity (Wildman–Crippen MR) is 50.6 cm³/mol. The predicted octanol–water partition coefficient (Wildman–Crippen LogP) is -2.00. The van der Waals surface area contributed by atoms with Crippen LogP contribution in [0, 0.1) is 0 Å². The van der Waals surface area contributed by atoms with E-state index in [0.29, 0.717) is 0 Å². The molecule has 1 rings (SSSR count). The van der Waals surface area contributed by atoms with Crippen molar-refractivity contribution < 1.29 is 49.3 Å². The van der Waals surface area contributed by atoms with Crippen molar-refractivity contribution in [1.29, 1.82) is 0 Å². The van der Waals surface area contributed by atoms with Gasteiger partial charge < -0.3 is 20.4 Å². The molecule has 4 N–H and O–H groups in total. The molecule has 1 saturated heterocycles. The quantitative estimate of drug-likeness (QED) is 0.410. The normalized spacial score (nSPS) is 20.9. The van der Waals surface area contributed by atoms with Crippen molar-refractivity contribution in [3.63, 3.8) is 0 Å². The Morgan fingerprint density at radius 1 is 1.00 bits per heavy atom. The molecule has 1 fully saturated rings. The molecule has 0 bridgehead atoms. The van der Waals surface area contributed by atoms with Gasteiger partial charge in [0, 0.05) is 6.42 Å². The number of nitrogens with zero attached hydrogens (tertiary/aromatic N) is 1. The van der Waals surface area contributed by atoms with Gasteiger partial charge in [0.2, 0.25) is 0 Å². The zero-order valence-corrected chi connectivity index (χ0v) is 9.39. The fourth-order valence-corrected chi connectivity index (χ4v) is 1.59. The molecule has 0 radical (unpaired) electrons. The molecule has 0 spiro atoms. The smallest absolute Gasteiger partial charge is 0.350 e. The molecule has 0 aromatic heterocycles. The lowest BCUT2D eigenvalue weighted by Gasteiger charge is -2.24. The second-order valence-electron chi connectivity index (χ2n) is 3.62. The van der Waals surface area contributed by atoms with Gasteiger partial charge >= 0.3 is 23.9 Å². The highest BCUT2D eigenvalue weighted by atomic mass is 17.0. The van der Waals surface area contributed by atoms with E-state index in [1.54, 1.807) is 0 Å². The second kappa shape index (κ2) is 4.46. The largest absolute Gasteiger partial charge is 0.479 e. The van der Waals surface area contributed by atoms with E-state index in [9.17, 15) is 19.2 Å². The Bertz CT molecular complexity index is 428. The van der Waals surface area contributed by atoms with Crippen LogP contribution >= 0.6 is 0 Å². The first-order chi connectivity index (χ1) is 8.65. The molecule has 106 valence electrons. The van der Waals surface area contributed by atoms with Gasteiger partial charge in [0.1, 0.15) is 0 Å². The average Bonchev–Trinajstić information content (AvgIpc) is 2.66. The SMILES string of the molecule is CON1OC(C(=O)O)(C(=O)O)CC1(C(=O)O)C(=O)O. The van der Waals surface area contributed by atoms with Gasteiger partial charge in [-0.2, -0.15) is 0 Å². The summed E-state index contributed by atoms with van der Waals surface area (Å²) < 4.78 is 0. The van der Waals surface area contributed by atoms with E-state index in [-0.39, 0.29) is 5.23 Å². The minimum absolute atomic E-state index is 0.153. The number of rotatable bonds is 5. The van der Waals surface area contributed by atoms with E-state index in [0.717, 1.165) is 7.11 Å². The third-order valence-corrected chi connectivity index (χ3v) is 2.62. The van der Waals surface area contributed by atoms with Crippen molar-refractivity contribution in [1.82, 2.24) is 5.23 Å². The van der Waals surface area contributed by atoms with Crippen LogP contribution in [0.4, 0.5) is 0 Å². The summed E-state index contributed by atoms with van der Waals surface area (Å²) in [6.07, 6.45) is -1.37. The Labute approximate surface area is 104 Å². The molecule has 11 nitrogen and oxygen atoms in total. The van der Waals surface area contributed by atoms with E-state index in [4.69, 9.17) is 20.4 Å². The van der Waals surface area contributed by atoms with Crippen LogP contribution in [0.2, 0.25) is 0 Å². The maximum absolute atomic E-state index is 11.1. The molecule has 19 heavy (non-hydrogen) atoms. The van der Waals surface area contributed by atoms with E-state index < -0.39 is 41.4 Å². The van der Waals surface area contributed by atoms with Gasteiger partial charge in [-0.25, -0.2) is 24.0 Å². The fourth-order valence-electron chi connectivity index (χ4n) is 1.59. The Morgan fingerprint density at radius 2 is 1.42 bits per heavy atom. The Balaban J connectivity index is 3.45. The summed E-state index contributed by atoms with van der Waals surface area (Å²) in [5.41, 5.74) is -6.04. The number of carbonyl (C=O) groups is 4. The Morgan fingerprint density at radius 3 is 1.63 bits per heavy atom. The maximum Gasteiger partial charge on any atom is 0.350 e. The molecular formula is C8H9NO10. The molecule has 0 aliphatic carbocycles. The molecule has 1 aliphatic heterocycles. The molecular weight excluding hydrogens is 270 g/mol. The maximum atomic E-state index is 11.1. The van der Waals surface area contributed by atoms with E-state index in [1.165, 1.54) is 0 Å². The van der Waals surface area contributed by atoms with Crippen LogP contribution < -0.4 is 0 Å². The number of hydroxylamine groups is 2. The lowest BCUT2D eigenvalue weighted by molar-refractivity contribution is -0.377. The van der Waals surface area contributed by atoms with Crippen molar-refractivity contribution in [3.8, 4) is 0 Å². The van der Waals surface area contributed by atoms with Crippen LogP contribution in [0.25, 0.3) is 0 Å². The minimum atomic E-state index is -3.06. The highest BCUT2D eigenvalue weighted by Crippen LogP contribution is 2.40. The van der Waals surface area contributed by atoms with E-state index in [2.05, 4.69) is 9.68 Å². The molecule has 0 amide bonds. The van der Waals surface area contributed by atoms with Crippen molar-refractivity contribution in [2.75, 3.05) is 7.11 Å². The number of aliphatic carboxylic acids is 4. The summed E-state index contributed by atoms with van der Waals surface area (Å²) in [7, 11) is 0.806. The standard InChI is InChI=1S/C8H9NO10/c1-18-9-7(3(10)11,4(12)13)2-8(19-9,5(14)15)6(16)17/h2H2,1H3,(H,10,11)(H,12,13)(H,14,15)(H,16,17). The minimum Gasteiger partial charge on any atom is -0.479 e. The van der Waals surface area contributed by atoms with Gasteiger partial charge in [0.25, 0.3) is 11.1 Å². The third kappa shape index (κ3) is 1.80. The van der Waals surface area contributed by atoms with Crippen molar-refractivity contribution in [3.05, 3.63) is 0 Å². The Kier molecular flexibility index (Phi) is 3.48. The molecule has 1 heterocycles. The number of carboxylic acids is 4. The molecule has 0 aromatic carbocycles. The lowest BCUT2D eigenvalue weighted by Crippen LogP contribution is -2.56. The molecule has 11 heteroatoms. The van der Waals surface area contributed by atoms with Crippen molar-refractivity contribution in [2.24, 2.45) is 0 Å². The van der Waals surface area contributed by atoms with E-state index >= 15 is 0 Å². The first-order valence-electron chi connectivity index (χ1n) is 4.62. The van der Waals surface area contributed by atoms with Gasteiger partial charge in [-0.15, -0.1) is 0 Å². The van der Waals surface area contributed by atoms with Crippen LogP contribution in [0.3, 0.4) is 0 Å². The van der Waals surface area contributed by atoms with Crippen LogP contribution in [-0.4, -0.2) is 67.8 Å². The number of hydrogen-bond donors (Lipinski definition) is 4. The highest BCUT2D eigenvalue weighted by Gasteiger charge is 2.72. The van der Waals surface area contributed by atoms with Gasteiger partial charge in [0.05, 0.1) is 7.11 Å². The highest BCUT2D eigenvalue weighted by molar-refractivity contribution is 6.09. The Hall–Kier alpha value is -2.24. The van der Waals surface area contributed by atoms with Crippen LogP contribution in [0.1, 0.15) is 6.42 Å². The zero-order valence-electron chi connectivity index (χ0n) is 9.39. The lowest BCUT2D eigenvalue weighted by atomic mass is 9.86. The molecule has 0 atom stereocenters. The van der Waals surface area contributed by atoms with Gasteiger partial charge in [-0.1, -0.05) is 0 Å². The average molecular weight is 279 g/mol. The van der Waals surface area contributed by atoms with Crippen LogP contribution in [-0.2, 0) is 28.9 Å². The summed E-state index contributed by atoms with van der Waals surface area (Å²) in [4.78, 5) is 52.9. The summed E-state index contributed by atoms with van der Waals surface area (Å²) in [5, 5.41) is 35.5. The van der Waals surface area contributed by atoms with Crippen LogP contribution in [0.5, 0.6) is 0 Å². The van der Waals surface area contributed by atoms with Crippen LogP contribution in [0.15, 0.2) is 0 Å². The zero-order chi connectivity index (χ0) is 15.0. The second-order valence-corrected chi connectivity index (χ2v) is 3.62. The topological polar surface area (TPSA) is 171 Å². The first kappa shape index (κ1) is 14.8. The summed E-state index contributed by atoms with van der Waals surface area (Å²) in [6, 6.07) is 0. The van der Waals surface area contributed by atoms with Gasteiger partial charge in [0.15, 0.2) is 0 Å². The molecule has 0 aromatic rings. The van der Waals surface area contributed by atoms with Crippen molar-refractivity contribution >= 4 is 23.9 Å². The number of carboxylic acid groups (broad SMARTS) is 4. The van der Waals surface area contributed by atoms with Crippen molar-refractivity contribution in [2.45, 2.75) is 17.6 Å². The third-order valence-electron chi connectivity index (χ3n) is 2.62. The number of hydrogen-bond acceptors (Lipinski definition) is 7. The first-order valence-corrected chi connectivity index (χ1v) is 4.62. The van der Waals surface area contributed by atoms with Gasteiger partial charge in [-0.05, 0) is 5.23 Å². The molecule has 1 aliphatic rings. The van der Waals surface area contributed by atoms with Gasteiger partial charge in [-0.3, -0.25) is 4.84 Å². The summed E-state index contributed by atoms with van der Waals surface area (Å²) >= 11 is 0. The summed E-state index contributed by atoms with van der Waals surface area (Å²) in [6.45, 7) is 0. The monoisotopic (exact) mass is 279 g/mol. The fraction of sp³-hybridized carbons (Fsp3) is 0.500.